The highest BCUT2D eigenvalue weighted by molar-refractivity contribution is 5.96. The zero-order chi connectivity index (χ0) is 17.1. The van der Waals surface area contributed by atoms with Crippen molar-refractivity contribution in [2.45, 2.75) is 0 Å². The Balaban J connectivity index is 1.61. The highest BCUT2D eigenvalue weighted by Gasteiger charge is 2.14. The molecule has 0 spiro atoms. The molecule has 0 atom stereocenters. The average Bonchev–Trinajstić information content (AvgIpc) is 2.92. The summed E-state index contributed by atoms with van der Waals surface area (Å²) in [6.07, 6.45) is 0. The number of hydrogen-bond donors (Lipinski definition) is 3. The van der Waals surface area contributed by atoms with Gasteiger partial charge in [0.2, 0.25) is 0 Å². The van der Waals surface area contributed by atoms with Crippen molar-refractivity contribution in [3.63, 3.8) is 0 Å². The molecule has 3 N–H and O–H groups in total. The predicted octanol–water partition coefficient (Wildman–Crippen LogP) is 1.79. The Morgan fingerprint density at radius 3 is 2.62 bits per heavy atom. The molecular weight excluding hydrogens is 317 g/mol. The predicted molar refractivity (Wildman–Crippen MR) is 84.2 cm³/mol. The lowest BCUT2D eigenvalue weighted by Crippen LogP contribution is -2.21. The molecule has 1 aromatic heterocycles. The molecule has 8 heteroatoms. The monoisotopic (exact) mass is 329 g/mol. The molecule has 1 heterocycles. The molecule has 0 unspecified atom stereocenters. The van der Waals surface area contributed by atoms with Gasteiger partial charge in [-0.15, -0.1) is 0 Å². The van der Waals surface area contributed by atoms with Gasteiger partial charge in [0.15, 0.2) is 6.61 Å². The number of carbonyl (C=O) groups excluding carboxylic acids is 2. The minimum atomic E-state index is -0.923. The van der Waals surface area contributed by atoms with Gasteiger partial charge < -0.3 is 20.0 Å². The van der Waals surface area contributed by atoms with Crippen LogP contribution in [0, 0.1) is 5.82 Å². The van der Waals surface area contributed by atoms with Gasteiger partial charge in [-0.1, -0.05) is 12.1 Å². The van der Waals surface area contributed by atoms with Crippen molar-refractivity contribution in [1.82, 2.24) is 9.97 Å². The first kappa shape index (κ1) is 15.5. The van der Waals surface area contributed by atoms with E-state index in [1.807, 2.05) is 0 Å². The quantitative estimate of drug-likeness (QED) is 0.635. The highest BCUT2D eigenvalue weighted by Crippen LogP contribution is 2.14. The number of H-pyrrole nitrogens is 2. The van der Waals surface area contributed by atoms with Crippen molar-refractivity contribution >= 4 is 28.6 Å². The second-order valence-electron chi connectivity index (χ2n) is 4.94. The van der Waals surface area contributed by atoms with Crippen molar-refractivity contribution in [1.29, 1.82) is 0 Å². The molecule has 0 aliphatic rings. The second-order valence-corrected chi connectivity index (χ2v) is 4.94. The molecule has 0 saturated carbocycles. The lowest BCUT2D eigenvalue weighted by Gasteiger charge is -2.07. The lowest BCUT2D eigenvalue weighted by atomic mass is 10.2. The number of ether oxygens (including phenoxy) is 1. The SMILES string of the molecule is O=C(COC(=O)c1ccccc1F)Nc1ccc2[nH]c(=O)[nH]c2c1. The number of anilines is 1. The van der Waals surface area contributed by atoms with E-state index < -0.39 is 24.3 Å². The molecule has 0 fully saturated rings. The van der Waals surface area contributed by atoms with E-state index in [1.165, 1.54) is 18.2 Å². The first-order valence-electron chi connectivity index (χ1n) is 6.96. The fourth-order valence-electron chi connectivity index (χ4n) is 2.14. The van der Waals surface area contributed by atoms with Crippen molar-refractivity contribution in [3.05, 3.63) is 64.3 Å². The number of halogens is 1. The highest BCUT2D eigenvalue weighted by atomic mass is 19.1. The Morgan fingerprint density at radius 2 is 1.83 bits per heavy atom. The van der Waals surface area contributed by atoms with Crippen molar-refractivity contribution in [3.8, 4) is 0 Å². The molecule has 122 valence electrons. The van der Waals surface area contributed by atoms with Gasteiger partial charge in [0.1, 0.15) is 5.82 Å². The lowest BCUT2D eigenvalue weighted by molar-refractivity contribution is -0.119. The van der Waals surface area contributed by atoms with Gasteiger partial charge in [-0.05, 0) is 30.3 Å². The summed E-state index contributed by atoms with van der Waals surface area (Å²) in [5, 5.41) is 2.52. The molecule has 7 nitrogen and oxygen atoms in total. The van der Waals surface area contributed by atoms with Crippen LogP contribution >= 0.6 is 0 Å². The van der Waals surface area contributed by atoms with E-state index >= 15 is 0 Å². The Kier molecular flexibility index (Phi) is 4.11. The van der Waals surface area contributed by atoms with E-state index in [9.17, 15) is 18.8 Å². The first-order chi connectivity index (χ1) is 11.5. The van der Waals surface area contributed by atoms with Gasteiger partial charge in [-0.25, -0.2) is 14.0 Å². The van der Waals surface area contributed by atoms with Crippen molar-refractivity contribution in [2.75, 3.05) is 11.9 Å². The summed E-state index contributed by atoms with van der Waals surface area (Å²) in [5.74, 6) is -2.23. The molecule has 0 bridgehead atoms. The van der Waals surface area contributed by atoms with Crippen LogP contribution in [-0.4, -0.2) is 28.5 Å². The van der Waals surface area contributed by atoms with E-state index in [0.29, 0.717) is 16.7 Å². The summed E-state index contributed by atoms with van der Waals surface area (Å²) in [7, 11) is 0. The fourth-order valence-corrected chi connectivity index (χ4v) is 2.14. The number of carbonyl (C=O) groups is 2. The van der Waals surface area contributed by atoms with E-state index in [-0.39, 0.29) is 11.3 Å². The van der Waals surface area contributed by atoms with Crippen LogP contribution in [0.3, 0.4) is 0 Å². The number of fused-ring (bicyclic) bond motifs is 1. The Morgan fingerprint density at radius 1 is 1.08 bits per heavy atom. The zero-order valence-electron chi connectivity index (χ0n) is 12.3. The molecule has 3 rings (SSSR count). The third-order valence-electron chi connectivity index (χ3n) is 3.23. The topological polar surface area (TPSA) is 104 Å². The number of esters is 1. The van der Waals surface area contributed by atoms with E-state index in [2.05, 4.69) is 15.3 Å². The van der Waals surface area contributed by atoms with Crippen LogP contribution in [0.5, 0.6) is 0 Å². The number of rotatable bonds is 4. The van der Waals surface area contributed by atoms with Crippen LogP contribution in [0.4, 0.5) is 10.1 Å². The third-order valence-corrected chi connectivity index (χ3v) is 3.23. The number of hydrogen-bond acceptors (Lipinski definition) is 4. The van der Waals surface area contributed by atoms with Gasteiger partial charge in [-0.2, -0.15) is 0 Å². The Labute approximate surface area is 134 Å². The minimum absolute atomic E-state index is 0.239. The number of benzene rings is 2. The summed E-state index contributed by atoms with van der Waals surface area (Å²) in [5.41, 5.74) is 0.957. The maximum Gasteiger partial charge on any atom is 0.341 e. The number of aromatic amines is 2. The maximum atomic E-state index is 13.4. The van der Waals surface area contributed by atoms with Gasteiger partial charge >= 0.3 is 11.7 Å². The first-order valence-corrected chi connectivity index (χ1v) is 6.96. The van der Waals surface area contributed by atoms with E-state index in [1.54, 1.807) is 18.2 Å². The summed E-state index contributed by atoms with van der Waals surface area (Å²) in [6, 6.07) is 10.1. The smallest absolute Gasteiger partial charge is 0.341 e. The molecule has 0 saturated heterocycles. The molecule has 3 aromatic rings. The summed E-state index contributed by atoms with van der Waals surface area (Å²) < 4.78 is 18.2. The molecule has 0 radical (unpaired) electrons. The summed E-state index contributed by atoms with van der Waals surface area (Å²) >= 11 is 0. The molecule has 24 heavy (non-hydrogen) atoms. The van der Waals surface area contributed by atoms with Gasteiger partial charge in [-0.3, -0.25) is 4.79 Å². The van der Waals surface area contributed by atoms with Gasteiger partial charge in [0, 0.05) is 5.69 Å². The van der Waals surface area contributed by atoms with Gasteiger partial charge in [0.05, 0.1) is 16.6 Å². The Hall–Kier alpha value is -3.42. The van der Waals surface area contributed by atoms with Crippen LogP contribution < -0.4 is 11.0 Å². The van der Waals surface area contributed by atoms with Gasteiger partial charge in [0.25, 0.3) is 5.91 Å². The molecule has 0 aliphatic heterocycles. The fraction of sp³-hybridized carbons (Fsp3) is 0.0625. The number of imidazole rings is 1. The van der Waals surface area contributed by atoms with Crippen LogP contribution in [0.1, 0.15) is 10.4 Å². The molecule has 0 aliphatic carbocycles. The number of nitrogens with one attached hydrogen (secondary N) is 3. The van der Waals surface area contributed by atoms with Crippen LogP contribution in [0.2, 0.25) is 0 Å². The number of amides is 1. The third kappa shape index (κ3) is 3.32. The second kappa shape index (κ2) is 6.37. The average molecular weight is 329 g/mol. The van der Waals surface area contributed by atoms with Crippen LogP contribution in [0.25, 0.3) is 11.0 Å². The normalized spacial score (nSPS) is 10.5. The minimum Gasteiger partial charge on any atom is -0.452 e. The van der Waals surface area contributed by atoms with Crippen LogP contribution in [0.15, 0.2) is 47.3 Å². The van der Waals surface area contributed by atoms with E-state index in [0.717, 1.165) is 6.07 Å². The maximum absolute atomic E-state index is 13.4. The van der Waals surface area contributed by atoms with Crippen molar-refractivity contribution in [2.24, 2.45) is 0 Å². The largest absolute Gasteiger partial charge is 0.452 e. The molecule has 1 amide bonds. The summed E-state index contributed by atoms with van der Waals surface area (Å²) in [6.45, 7) is -0.561. The molecule has 2 aromatic carbocycles. The standard InChI is InChI=1S/C16H12FN3O4/c17-11-4-2-1-3-10(11)15(22)24-8-14(21)18-9-5-6-12-13(7-9)20-16(23)19-12/h1-7H,8H2,(H,18,21)(H2,19,20,23). The number of aromatic nitrogens is 2. The molecular formula is C16H12FN3O4. The van der Waals surface area contributed by atoms with Crippen LogP contribution in [-0.2, 0) is 9.53 Å². The summed E-state index contributed by atoms with van der Waals surface area (Å²) in [4.78, 5) is 39.8. The van der Waals surface area contributed by atoms with E-state index in [4.69, 9.17) is 4.74 Å². The zero-order valence-corrected chi connectivity index (χ0v) is 12.3. The Bertz CT molecular complexity index is 977. The van der Waals surface area contributed by atoms with Crippen molar-refractivity contribution < 1.29 is 18.7 Å².